The average molecular weight is 242 g/mol. The number of aromatic nitrogens is 2. The highest BCUT2D eigenvalue weighted by Crippen LogP contribution is 2.30. The largest absolute Gasteiger partial charge is 0.431 e. The van der Waals surface area contributed by atoms with E-state index in [9.17, 15) is 13.2 Å². The summed E-state index contributed by atoms with van der Waals surface area (Å²) in [5.74, 6) is -0.429. The number of hydrogen-bond donors (Lipinski definition) is 0. The Morgan fingerprint density at radius 3 is 2.47 bits per heavy atom. The summed E-state index contributed by atoms with van der Waals surface area (Å²) in [4.78, 5) is 0. The summed E-state index contributed by atoms with van der Waals surface area (Å²) in [6.45, 7) is -2.92. The zero-order chi connectivity index (χ0) is 12.4. The van der Waals surface area contributed by atoms with E-state index < -0.39 is 12.4 Å². The Bertz CT molecular complexity index is 508. The van der Waals surface area contributed by atoms with Crippen LogP contribution in [0.4, 0.5) is 13.2 Å². The fraction of sp³-hybridized carbons (Fsp3) is 0.182. The van der Waals surface area contributed by atoms with Crippen molar-refractivity contribution in [2.24, 2.45) is 7.05 Å². The average Bonchev–Trinajstić information content (AvgIpc) is 2.61. The standard InChI is InChI=1S/C11H9F3N2O/c1-16-10(7-2-4-8(12)5-3-7)9(6-15-16)17-11(13)14/h2-6,11H,1H3. The second-order valence-electron chi connectivity index (χ2n) is 3.37. The fourth-order valence-corrected chi connectivity index (χ4v) is 1.54. The van der Waals surface area contributed by atoms with Crippen LogP contribution in [0.2, 0.25) is 0 Å². The van der Waals surface area contributed by atoms with Gasteiger partial charge in [-0.2, -0.15) is 13.9 Å². The molecule has 2 aromatic rings. The van der Waals surface area contributed by atoms with E-state index in [0.29, 0.717) is 11.3 Å². The van der Waals surface area contributed by atoms with Crippen LogP contribution in [0.5, 0.6) is 5.75 Å². The Morgan fingerprint density at radius 2 is 1.88 bits per heavy atom. The third kappa shape index (κ3) is 2.41. The molecule has 0 aliphatic heterocycles. The minimum Gasteiger partial charge on any atom is -0.431 e. The highest BCUT2D eigenvalue weighted by Gasteiger charge is 2.15. The quantitative estimate of drug-likeness (QED) is 0.827. The zero-order valence-electron chi connectivity index (χ0n) is 8.90. The van der Waals surface area contributed by atoms with E-state index in [4.69, 9.17) is 0 Å². The SMILES string of the molecule is Cn1ncc(OC(F)F)c1-c1ccc(F)cc1. The van der Waals surface area contributed by atoms with E-state index in [2.05, 4.69) is 9.84 Å². The van der Waals surface area contributed by atoms with Gasteiger partial charge in [-0.05, 0) is 24.3 Å². The molecule has 0 saturated heterocycles. The Kier molecular flexibility index (Phi) is 3.03. The molecule has 3 nitrogen and oxygen atoms in total. The van der Waals surface area contributed by atoms with Crippen molar-refractivity contribution in [1.82, 2.24) is 9.78 Å². The van der Waals surface area contributed by atoms with Crippen molar-refractivity contribution < 1.29 is 17.9 Å². The van der Waals surface area contributed by atoms with Gasteiger partial charge in [0.25, 0.3) is 0 Å². The summed E-state index contributed by atoms with van der Waals surface area (Å²) in [6.07, 6.45) is 1.20. The molecule has 17 heavy (non-hydrogen) atoms. The van der Waals surface area contributed by atoms with E-state index >= 15 is 0 Å². The lowest BCUT2D eigenvalue weighted by Gasteiger charge is -2.07. The van der Waals surface area contributed by atoms with Crippen molar-refractivity contribution in [2.45, 2.75) is 6.61 Å². The third-order valence-electron chi connectivity index (χ3n) is 2.24. The maximum atomic E-state index is 12.8. The molecule has 1 heterocycles. The van der Waals surface area contributed by atoms with Crippen LogP contribution in [0.1, 0.15) is 0 Å². The number of benzene rings is 1. The minimum absolute atomic E-state index is 0.0332. The number of hydrogen-bond acceptors (Lipinski definition) is 2. The van der Waals surface area contributed by atoms with Crippen LogP contribution in [0.3, 0.4) is 0 Å². The van der Waals surface area contributed by atoms with Crippen LogP contribution in [0.15, 0.2) is 30.5 Å². The number of nitrogens with zero attached hydrogens (tertiary/aromatic N) is 2. The van der Waals surface area contributed by atoms with Crippen LogP contribution in [-0.2, 0) is 7.05 Å². The van der Waals surface area contributed by atoms with Gasteiger partial charge < -0.3 is 4.74 Å². The Hall–Kier alpha value is -1.98. The van der Waals surface area contributed by atoms with Gasteiger partial charge in [-0.15, -0.1) is 0 Å². The van der Waals surface area contributed by atoms with Crippen LogP contribution in [-0.4, -0.2) is 16.4 Å². The highest BCUT2D eigenvalue weighted by molar-refractivity contribution is 5.66. The molecule has 0 spiro atoms. The predicted octanol–water partition coefficient (Wildman–Crippen LogP) is 2.83. The van der Waals surface area contributed by atoms with Crippen molar-refractivity contribution in [2.75, 3.05) is 0 Å². The van der Waals surface area contributed by atoms with Gasteiger partial charge >= 0.3 is 6.61 Å². The zero-order valence-corrected chi connectivity index (χ0v) is 8.90. The second kappa shape index (κ2) is 4.48. The summed E-state index contributed by atoms with van der Waals surface area (Å²) < 4.78 is 42.8. The van der Waals surface area contributed by atoms with Gasteiger partial charge in [-0.25, -0.2) is 4.39 Å². The molecule has 0 bridgehead atoms. The monoisotopic (exact) mass is 242 g/mol. The number of rotatable bonds is 3. The molecule has 0 fully saturated rings. The molecule has 0 aliphatic rings. The molecule has 0 N–H and O–H groups in total. The van der Waals surface area contributed by atoms with E-state index in [1.165, 1.54) is 35.1 Å². The van der Waals surface area contributed by atoms with Gasteiger partial charge in [0.05, 0.1) is 6.20 Å². The molecule has 0 radical (unpaired) electrons. The lowest BCUT2D eigenvalue weighted by atomic mass is 10.1. The van der Waals surface area contributed by atoms with Gasteiger partial charge in [-0.1, -0.05) is 0 Å². The number of aryl methyl sites for hydroxylation is 1. The summed E-state index contributed by atoms with van der Waals surface area (Å²) in [6, 6.07) is 5.44. The van der Waals surface area contributed by atoms with Crippen molar-refractivity contribution >= 4 is 0 Å². The van der Waals surface area contributed by atoms with Gasteiger partial charge in [0.15, 0.2) is 5.75 Å². The molecule has 90 valence electrons. The topological polar surface area (TPSA) is 27.1 Å². The van der Waals surface area contributed by atoms with Crippen LogP contribution in [0.25, 0.3) is 11.3 Å². The van der Waals surface area contributed by atoms with Crippen LogP contribution >= 0.6 is 0 Å². The molecule has 1 aromatic heterocycles. The molecule has 0 unspecified atom stereocenters. The molecule has 0 aliphatic carbocycles. The van der Waals surface area contributed by atoms with E-state index in [-0.39, 0.29) is 5.75 Å². The first-order valence-corrected chi connectivity index (χ1v) is 4.80. The molecule has 0 saturated carbocycles. The first-order valence-electron chi connectivity index (χ1n) is 4.80. The smallest absolute Gasteiger partial charge is 0.387 e. The maximum Gasteiger partial charge on any atom is 0.387 e. The number of halogens is 3. The Morgan fingerprint density at radius 1 is 1.24 bits per heavy atom. The molecule has 2 rings (SSSR count). The first-order chi connectivity index (χ1) is 8.08. The van der Waals surface area contributed by atoms with Gasteiger partial charge in [0.1, 0.15) is 11.5 Å². The third-order valence-corrected chi connectivity index (χ3v) is 2.24. The van der Waals surface area contributed by atoms with Gasteiger partial charge in [0, 0.05) is 12.6 Å². The molecule has 0 amide bonds. The summed E-state index contributed by atoms with van der Waals surface area (Å²) in [5.41, 5.74) is 0.937. The fourth-order valence-electron chi connectivity index (χ4n) is 1.54. The lowest BCUT2D eigenvalue weighted by Crippen LogP contribution is -2.03. The summed E-state index contributed by atoms with van der Waals surface area (Å²) >= 11 is 0. The molecule has 1 aromatic carbocycles. The van der Waals surface area contributed by atoms with Crippen molar-refractivity contribution in [3.8, 4) is 17.0 Å². The van der Waals surface area contributed by atoms with Crippen LogP contribution in [0, 0.1) is 5.82 Å². The second-order valence-corrected chi connectivity index (χ2v) is 3.37. The van der Waals surface area contributed by atoms with E-state index in [0.717, 1.165) is 0 Å². The van der Waals surface area contributed by atoms with E-state index in [1.54, 1.807) is 7.05 Å². The van der Waals surface area contributed by atoms with Gasteiger partial charge in [-0.3, -0.25) is 4.68 Å². The first kappa shape index (κ1) is 11.5. The Balaban J connectivity index is 2.43. The molecule has 6 heteroatoms. The van der Waals surface area contributed by atoms with Gasteiger partial charge in [0.2, 0.25) is 0 Å². The summed E-state index contributed by atoms with van der Waals surface area (Å²) in [7, 11) is 1.59. The number of ether oxygens (including phenoxy) is 1. The Labute approximate surface area is 95.4 Å². The molecular weight excluding hydrogens is 233 g/mol. The molecular formula is C11H9F3N2O. The normalized spacial score (nSPS) is 10.9. The summed E-state index contributed by atoms with van der Waals surface area (Å²) in [5, 5.41) is 3.83. The molecule has 0 atom stereocenters. The maximum absolute atomic E-state index is 12.8. The van der Waals surface area contributed by atoms with Crippen molar-refractivity contribution in [3.63, 3.8) is 0 Å². The minimum atomic E-state index is -2.92. The predicted molar refractivity (Wildman–Crippen MR) is 55.2 cm³/mol. The number of alkyl halides is 2. The highest BCUT2D eigenvalue weighted by atomic mass is 19.3. The van der Waals surface area contributed by atoms with E-state index in [1.807, 2.05) is 0 Å². The lowest BCUT2D eigenvalue weighted by molar-refractivity contribution is -0.0494. The van der Waals surface area contributed by atoms with Crippen molar-refractivity contribution in [3.05, 3.63) is 36.3 Å². The van der Waals surface area contributed by atoms with Crippen molar-refractivity contribution in [1.29, 1.82) is 0 Å². The van der Waals surface area contributed by atoms with Crippen LogP contribution < -0.4 is 4.74 Å².